The molecule has 1 fully saturated rings. The molecule has 2 N–H and O–H groups in total. The van der Waals surface area contributed by atoms with E-state index in [1.54, 1.807) is 18.2 Å². The van der Waals surface area contributed by atoms with Gasteiger partial charge in [0.25, 0.3) is 0 Å². The number of nitrogens with one attached hydrogen (secondary N) is 2. The standard InChI is InChI=1S/C22H19ClN4O2/c1-14(28)24-13-17-8-11-19(23)20(12-17)27-22(29)25-21(26-27)18-9-6-16(7-10-18)5-4-15-2-3-15/h6-12,15H,2-3,13H2,1H3,(H,24,28)(H,25,26,29). The average Bonchev–Trinajstić information content (AvgIpc) is 3.47. The van der Waals surface area contributed by atoms with Crippen molar-refractivity contribution < 1.29 is 4.79 Å². The number of carbonyl (C=O) groups is 1. The molecule has 1 aromatic heterocycles. The first-order chi connectivity index (χ1) is 14.0. The maximum absolute atomic E-state index is 12.5. The molecule has 1 heterocycles. The van der Waals surface area contributed by atoms with Crippen molar-refractivity contribution in [2.24, 2.45) is 5.92 Å². The van der Waals surface area contributed by atoms with Crippen molar-refractivity contribution in [3.05, 3.63) is 69.1 Å². The van der Waals surface area contributed by atoms with Gasteiger partial charge in [0.05, 0.1) is 10.7 Å². The lowest BCUT2D eigenvalue weighted by molar-refractivity contribution is -0.119. The van der Waals surface area contributed by atoms with E-state index in [-0.39, 0.29) is 5.91 Å². The zero-order chi connectivity index (χ0) is 20.4. The van der Waals surface area contributed by atoms with Gasteiger partial charge in [-0.05, 0) is 54.8 Å². The molecule has 0 aliphatic heterocycles. The van der Waals surface area contributed by atoms with Crippen molar-refractivity contribution in [2.45, 2.75) is 26.3 Å². The molecule has 7 heteroatoms. The summed E-state index contributed by atoms with van der Waals surface area (Å²) in [5, 5.41) is 7.52. The molecule has 1 saturated carbocycles. The number of benzene rings is 2. The van der Waals surface area contributed by atoms with E-state index in [0.717, 1.165) is 16.7 Å². The molecular formula is C22H19ClN4O2. The molecular weight excluding hydrogens is 388 g/mol. The lowest BCUT2D eigenvalue weighted by Crippen LogP contribution is -2.20. The van der Waals surface area contributed by atoms with Crippen molar-refractivity contribution in [3.8, 4) is 28.9 Å². The number of aromatic nitrogens is 3. The lowest BCUT2D eigenvalue weighted by atomic mass is 10.1. The van der Waals surface area contributed by atoms with Crippen molar-refractivity contribution in [3.63, 3.8) is 0 Å². The summed E-state index contributed by atoms with van der Waals surface area (Å²) in [6.07, 6.45) is 2.39. The van der Waals surface area contributed by atoms with Gasteiger partial charge in [-0.15, -0.1) is 5.10 Å². The number of rotatable bonds is 4. The molecule has 2 aromatic carbocycles. The van der Waals surface area contributed by atoms with Gasteiger partial charge >= 0.3 is 5.69 Å². The fraction of sp³-hybridized carbons (Fsp3) is 0.227. The number of aromatic amines is 1. The number of carbonyl (C=O) groups excluding carboxylic acids is 1. The second-order valence-corrected chi connectivity index (χ2v) is 7.41. The highest BCUT2D eigenvalue weighted by molar-refractivity contribution is 6.32. The van der Waals surface area contributed by atoms with Gasteiger partial charge in [-0.1, -0.05) is 29.5 Å². The highest BCUT2D eigenvalue weighted by Crippen LogP contribution is 2.27. The molecule has 1 aliphatic rings. The summed E-state index contributed by atoms with van der Waals surface area (Å²) < 4.78 is 1.23. The Morgan fingerprint density at radius 1 is 1.28 bits per heavy atom. The van der Waals surface area contributed by atoms with Gasteiger partial charge in [-0.3, -0.25) is 9.78 Å². The van der Waals surface area contributed by atoms with E-state index in [2.05, 4.69) is 27.2 Å². The summed E-state index contributed by atoms with van der Waals surface area (Å²) in [6, 6.07) is 12.8. The molecule has 0 unspecified atom stereocenters. The molecule has 4 rings (SSSR count). The Hall–Kier alpha value is -3.30. The minimum absolute atomic E-state index is 0.133. The summed E-state index contributed by atoms with van der Waals surface area (Å²) >= 11 is 6.29. The monoisotopic (exact) mass is 406 g/mol. The smallest absolute Gasteiger partial charge is 0.348 e. The zero-order valence-corrected chi connectivity index (χ0v) is 16.6. The summed E-state index contributed by atoms with van der Waals surface area (Å²) in [4.78, 5) is 26.4. The van der Waals surface area contributed by atoms with Crippen LogP contribution in [0.4, 0.5) is 0 Å². The predicted molar refractivity (Wildman–Crippen MR) is 112 cm³/mol. The first-order valence-electron chi connectivity index (χ1n) is 9.34. The Morgan fingerprint density at radius 2 is 2.03 bits per heavy atom. The average molecular weight is 407 g/mol. The van der Waals surface area contributed by atoms with Gasteiger partial charge in [0, 0.05) is 30.5 Å². The van der Waals surface area contributed by atoms with Crippen LogP contribution < -0.4 is 11.0 Å². The van der Waals surface area contributed by atoms with Gasteiger partial charge in [0.15, 0.2) is 5.82 Å². The molecule has 0 saturated heterocycles. The number of hydrogen-bond acceptors (Lipinski definition) is 3. The van der Waals surface area contributed by atoms with Crippen LogP contribution >= 0.6 is 11.6 Å². The number of halogens is 1. The number of amides is 1. The molecule has 146 valence electrons. The number of nitrogens with zero attached hydrogens (tertiary/aromatic N) is 2. The quantitative estimate of drug-likeness (QED) is 0.652. The van der Waals surface area contributed by atoms with Crippen LogP contribution in [-0.2, 0) is 11.3 Å². The van der Waals surface area contributed by atoms with Crippen molar-refractivity contribution in [1.29, 1.82) is 0 Å². The fourth-order valence-electron chi connectivity index (χ4n) is 2.80. The van der Waals surface area contributed by atoms with E-state index in [4.69, 9.17) is 11.6 Å². The number of hydrogen-bond donors (Lipinski definition) is 2. The topological polar surface area (TPSA) is 79.8 Å². The zero-order valence-electron chi connectivity index (χ0n) is 15.8. The number of H-pyrrole nitrogens is 1. The molecule has 1 aliphatic carbocycles. The van der Waals surface area contributed by atoms with Crippen LogP contribution in [-0.4, -0.2) is 20.7 Å². The third kappa shape index (κ3) is 4.58. The molecule has 1 amide bonds. The molecule has 3 aromatic rings. The van der Waals surface area contributed by atoms with E-state index < -0.39 is 5.69 Å². The molecule has 0 spiro atoms. The summed E-state index contributed by atoms with van der Waals surface area (Å²) in [6.45, 7) is 1.79. The Balaban J connectivity index is 1.61. The lowest BCUT2D eigenvalue weighted by Gasteiger charge is -2.07. The van der Waals surface area contributed by atoms with E-state index in [1.165, 1.54) is 24.4 Å². The SMILES string of the molecule is CC(=O)NCc1ccc(Cl)c(-n2nc(-c3ccc(C#CC4CC4)cc3)[nH]c2=O)c1. The highest BCUT2D eigenvalue weighted by Gasteiger charge is 2.17. The van der Waals surface area contributed by atoms with Crippen LogP contribution in [0.15, 0.2) is 47.3 Å². The Kier molecular flexibility index (Phi) is 5.24. The van der Waals surface area contributed by atoms with Gasteiger partial charge < -0.3 is 5.32 Å². The molecule has 6 nitrogen and oxygen atoms in total. The van der Waals surface area contributed by atoms with E-state index >= 15 is 0 Å². The molecule has 29 heavy (non-hydrogen) atoms. The fourth-order valence-corrected chi connectivity index (χ4v) is 3.00. The van der Waals surface area contributed by atoms with Crippen LogP contribution in [0.3, 0.4) is 0 Å². The maximum atomic E-state index is 12.5. The van der Waals surface area contributed by atoms with Gasteiger partial charge in [0.2, 0.25) is 5.91 Å². The van der Waals surface area contributed by atoms with Gasteiger partial charge in [-0.2, -0.15) is 4.68 Å². The van der Waals surface area contributed by atoms with Crippen LogP contribution in [0.5, 0.6) is 0 Å². The summed E-state index contributed by atoms with van der Waals surface area (Å²) in [7, 11) is 0. The van der Waals surface area contributed by atoms with E-state index in [1.807, 2.05) is 24.3 Å². The molecule has 0 atom stereocenters. The van der Waals surface area contributed by atoms with Crippen LogP contribution in [0.25, 0.3) is 17.1 Å². The minimum Gasteiger partial charge on any atom is -0.352 e. The molecule has 0 radical (unpaired) electrons. The minimum atomic E-state index is -0.392. The third-order valence-electron chi connectivity index (χ3n) is 4.55. The Morgan fingerprint density at radius 3 is 2.72 bits per heavy atom. The largest absolute Gasteiger partial charge is 0.352 e. The second kappa shape index (κ2) is 7.98. The second-order valence-electron chi connectivity index (χ2n) is 7.01. The molecule has 0 bridgehead atoms. The van der Waals surface area contributed by atoms with E-state index in [0.29, 0.717) is 29.0 Å². The Bertz CT molecular complexity index is 1180. The van der Waals surface area contributed by atoms with Crippen LogP contribution in [0.2, 0.25) is 5.02 Å². The normalized spacial score (nSPS) is 12.9. The van der Waals surface area contributed by atoms with Crippen LogP contribution in [0.1, 0.15) is 30.9 Å². The summed E-state index contributed by atoms with van der Waals surface area (Å²) in [5.41, 5.74) is 2.60. The van der Waals surface area contributed by atoms with Gasteiger partial charge in [-0.25, -0.2) is 4.79 Å². The Labute approximate surface area is 172 Å². The highest BCUT2D eigenvalue weighted by atomic mass is 35.5. The van der Waals surface area contributed by atoms with Crippen molar-refractivity contribution in [1.82, 2.24) is 20.1 Å². The van der Waals surface area contributed by atoms with Crippen LogP contribution in [0, 0.1) is 17.8 Å². The summed E-state index contributed by atoms with van der Waals surface area (Å²) in [5.74, 6) is 7.25. The van der Waals surface area contributed by atoms with Crippen molar-refractivity contribution >= 4 is 17.5 Å². The van der Waals surface area contributed by atoms with Gasteiger partial charge in [0.1, 0.15) is 0 Å². The van der Waals surface area contributed by atoms with Crippen molar-refractivity contribution in [2.75, 3.05) is 0 Å². The third-order valence-corrected chi connectivity index (χ3v) is 4.87. The maximum Gasteiger partial charge on any atom is 0.348 e. The first-order valence-corrected chi connectivity index (χ1v) is 9.72. The predicted octanol–water partition coefficient (Wildman–Crippen LogP) is 3.28. The first kappa shape index (κ1) is 19.0. The van der Waals surface area contributed by atoms with E-state index in [9.17, 15) is 9.59 Å².